The van der Waals surface area contributed by atoms with Crippen LogP contribution in [0, 0.1) is 0 Å². The van der Waals surface area contributed by atoms with E-state index in [-0.39, 0.29) is 0 Å². The van der Waals surface area contributed by atoms with Crippen molar-refractivity contribution in [2.24, 2.45) is 0 Å². The predicted octanol–water partition coefficient (Wildman–Crippen LogP) is 0.479. The molecule has 0 bridgehead atoms. The van der Waals surface area contributed by atoms with Gasteiger partial charge in [-0.1, -0.05) is 0 Å². The first-order chi connectivity index (χ1) is 7.11. The van der Waals surface area contributed by atoms with Gasteiger partial charge in [0.25, 0.3) is 0 Å². The van der Waals surface area contributed by atoms with Crippen LogP contribution in [0.5, 0.6) is 0 Å². The smallest absolute Gasteiger partial charge is 0.224 e. The van der Waals surface area contributed by atoms with E-state index in [1.165, 1.54) is 0 Å². The summed E-state index contributed by atoms with van der Waals surface area (Å²) in [7, 11) is 1.79. The molecule has 82 valence electrons. The highest BCUT2D eigenvalue weighted by Crippen LogP contribution is 2.24. The number of nitrogens with one attached hydrogen (secondary N) is 1. The maximum atomic E-state index is 9.85. The zero-order chi connectivity index (χ0) is 10.9. The van der Waals surface area contributed by atoms with Gasteiger partial charge in [-0.3, -0.25) is 0 Å². The van der Waals surface area contributed by atoms with Crippen LogP contribution in [-0.4, -0.2) is 40.8 Å². The molecule has 5 heteroatoms. The summed E-state index contributed by atoms with van der Waals surface area (Å²) in [4.78, 5) is 10.5. The number of nitrogens with zero attached hydrogens (tertiary/aromatic N) is 3. The molecule has 0 radical (unpaired) electrons. The Morgan fingerprint density at radius 2 is 2.40 bits per heavy atom. The lowest BCUT2D eigenvalue weighted by atomic mass is 10.1. The minimum absolute atomic E-state index is 0.593. The van der Waals surface area contributed by atoms with Crippen LogP contribution in [0.4, 0.5) is 11.8 Å². The molecule has 1 aromatic heterocycles. The molecule has 0 aliphatic carbocycles. The van der Waals surface area contributed by atoms with Gasteiger partial charge < -0.3 is 15.3 Å². The van der Waals surface area contributed by atoms with Crippen molar-refractivity contribution >= 4 is 11.8 Å². The Kier molecular flexibility index (Phi) is 2.48. The molecule has 0 spiro atoms. The Morgan fingerprint density at radius 3 is 3.00 bits per heavy atom. The van der Waals surface area contributed by atoms with Gasteiger partial charge in [-0.25, -0.2) is 4.98 Å². The third-order valence-electron chi connectivity index (χ3n) is 2.64. The molecule has 2 N–H and O–H groups in total. The van der Waals surface area contributed by atoms with Gasteiger partial charge in [-0.05, 0) is 19.4 Å². The van der Waals surface area contributed by atoms with E-state index < -0.39 is 5.60 Å². The Labute approximate surface area is 89.2 Å². The molecule has 1 aliphatic heterocycles. The number of aromatic nitrogens is 2. The summed E-state index contributed by atoms with van der Waals surface area (Å²) in [5, 5.41) is 12.8. The van der Waals surface area contributed by atoms with Crippen LogP contribution in [0.3, 0.4) is 0 Å². The van der Waals surface area contributed by atoms with E-state index in [0.29, 0.717) is 12.5 Å². The van der Waals surface area contributed by atoms with Gasteiger partial charge in [0.1, 0.15) is 5.82 Å². The van der Waals surface area contributed by atoms with Gasteiger partial charge in [-0.2, -0.15) is 4.98 Å². The standard InChI is InChI=1S/C10H16N4O/c1-10(15)4-6-14(7-10)8-3-5-12-9(11-2)13-8/h3,5,15H,4,6-7H2,1-2H3,(H,11,12,13). The van der Waals surface area contributed by atoms with E-state index in [9.17, 15) is 5.11 Å². The SMILES string of the molecule is CNc1nccc(N2CCC(C)(O)C2)n1. The van der Waals surface area contributed by atoms with Gasteiger partial charge in [0, 0.05) is 26.3 Å². The van der Waals surface area contributed by atoms with Crippen molar-refractivity contribution in [2.75, 3.05) is 30.4 Å². The molecule has 1 aromatic rings. The van der Waals surface area contributed by atoms with Crippen LogP contribution in [0.2, 0.25) is 0 Å². The highest BCUT2D eigenvalue weighted by atomic mass is 16.3. The molecule has 2 heterocycles. The first-order valence-corrected chi connectivity index (χ1v) is 5.09. The maximum absolute atomic E-state index is 9.85. The minimum atomic E-state index is -0.593. The van der Waals surface area contributed by atoms with Crippen LogP contribution in [0.15, 0.2) is 12.3 Å². The van der Waals surface area contributed by atoms with Crippen LogP contribution in [0.1, 0.15) is 13.3 Å². The van der Waals surface area contributed by atoms with Crippen molar-refractivity contribution in [3.05, 3.63) is 12.3 Å². The number of hydrogen-bond donors (Lipinski definition) is 2. The fourth-order valence-corrected chi connectivity index (χ4v) is 1.79. The van der Waals surface area contributed by atoms with Crippen LogP contribution in [-0.2, 0) is 0 Å². The molecular formula is C10H16N4O. The first kappa shape index (κ1) is 10.2. The zero-order valence-corrected chi connectivity index (χ0v) is 9.06. The van der Waals surface area contributed by atoms with Gasteiger partial charge in [0.05, 0.1) is 5.60 Å². The highest BCUT2D eigenvalue weighted by Gasteiger charge is 2.31. The number of hydrogen-bond acceptors (Lipinski definition) is 5. The molecule has 5 nitrogen and oxygen atoms in total. The minimum Gasteiger partial charge on any atom is -0.388 e. The molecule has 15 heavy (non-hydrogen) atoms. The van der Waals surface area contributed by atoms with E-state index in [1.54, 1.807) is 13.2 Å². The van der Waals surface area contributed by atoms with Crippen LogP contribution < -0.4 is 10.2 Å². The molecule has 1 unspecified atom stereocenters. The number of anilines is 2. The molecule has 1 aliphatic rings. The lowest BCUT2D eigenvalue weighted by Crippen LogP contribution is -2.30. The highest BCUT2D eigenvalue weighted by molar-refractivity contribution is 5.43. The maximum Gasteiger partial charge on any atom is 0.224 e. The first-order valence-electron chi connectivity index (χ1n) is 5.09. The molecule has 1 atom stereocenters. The Balaban J connectivity index is 2.16. The quantitative estimate of drug-likeness (QED) is 0.740. The number of aliphatic hydroxyl groups is 1. The van der Waals surface area contributed by atoms with Crippen LogP contribution >= 0.6 is 0 Å². The topological polar surface area (TPSA) is 61.3 Å². The summed E-state index contributed by atoms with van der Waals surface area (Å²) in [5.74, 6) is 1.48. The normalized spacial score (nSPS) is 25.7. The molecule has 2 rings (SSSR count). The van der Waals surface area contributed by atoms with Gasteiger partial charge in [-0.15, -0.1) is 0 Å². The Bertz CT molecular complexity index is 353. The van der Waals surface area contributed by atoms with Gasteiger partial charge >= 0.3 is 0 Å². The monoisotopic (exact) mass is 208 g/mol. The third-order valence-corrected chi connectivity index (χ3v) is 2.64. The number of β-amino-alcohol motifs (C(OH)–C–C–N with tert-alkyl or cyclic N) is 1. The summed E-state index contributed by atoms with van der Waals surface area (Å²) in [6, 6.07) is 1.86. The van der Waals surface area contributed by atoms with Crippen molar-refractivity contribution in [1.82, 2.24) is 9.97 Å². The van der Waals surface area contributed by atoms with Gasteiger partial charge in [0.2, 0.25) is 5.95 Å². The summed E-state index contributed by atoms with van der Waals surface area (Å²) in [6.07, 6.45) is 2.51. The van der Waals surface area contributed by atoms with Crippen molar-refractivity contribution in [3.63, 3.8) is 0 Å². The van der Waals surface area contributed by atoms with Crippen molar-refractivity contribution < 1.29 is 5.11 Å². The lowest BCUT2D eigenvalue weighted by Gasteiger charge is -2.19. The zero-order valence-electron chi connectivity index (χ0n) is 9.06. The van der Waals surface area contributed by atoms with E-state index in [2.05, 4.69) is 20.2 Å². The second kappa shape index (κ2) is 3.66. The van der Waals surface area contributed by atoms with Crippen molar-refractivity contribution in [1.29, 1.82) is 0 Å². The summed E-state index contributed by atoms with van der Waals surface area (Å²) in [6.45, 7) is 3.33. The largest absolute Gasteiger partial charge is 0.388 e. The second-order valence-corrected chi connectivity index (χ2v) is 4.16. The molecule has 1 saturated heterocycles. The fourth-order valence-electron chi connectivity index (χ4n) is 1.79. The summed E-state index contributed by atoms with van der Waals surface area (Å²) in [5.41, 5.74) is -0.593. The fraction of sp³-hybridized carbons (Fsp3) is 0.600. The van der Waals surface area contributed by atoms with Crippen molar-refractivity contribution in [2.45, 2.75) is 18.9 Å². The third kappa shape index (κ3) is 2.18. The molecular weight excluding hydrogens is 192 g/mol. The number of rotatable bonds is 2. The van der Waals surface area contributed by atoms with Gasteiger partial charge in [0.15, 0.2) is 0 Å². The molecule has 1 fully saturated rings. The van der Waals surface area contributed by atoms with E-state index in [1.807, 2.05) is 13.0 Å². The molecule has 0 aromatic carbocycles. The van der Waals surface area contributed by atoms with Crippen LogP contribution in [0.25, 0.3) is 0 Å². The molecule has 0 amide bonds. The average Bonchev–Trinajstić information content (AvgIpc) is 2.59. The Morgan fingerprint density at radius 1 is 1.60 bits per heavy atom. The van der Waals surface area contributed by atoms with E-state index >= 15 is 0 Å². The Hall–Kier alpha value is -1.36. The second-order valence-electron chi connectivity index (χ2n) is 4.16. The summed E-state index contributed by atoms with van der Waals surface area (Å²) >= 11 is 0. The average molecular weight is 208 g/mol. The lowest BCUT2D eigenvalue weighted by molar-refractivity contribution is 0.0839. The predicted molar refractivity (Wildman–Crippen MR) is 59.0 cm³/mol. The van der Waals surface area contributed by atoms with E-state index in [0.717, 1.165) is 18.8 Å². The van der Waals surface area contributed by atoms with E-state index in [4.69, 9.17) is 0 Å². The van der Waals surface area contributed by atoms with Crippen molar-refractivity contribution in [3.8, 4) is 0 Å². The molecule has 0 saturated carbocycles. The summed E-state index contributed by atoms with van der Waals surface area (Å²) < 4.78 is 0.